The molecule has 4 heterocycles. The van der Waals surface area contributed by atoms with Crippen LogP contribution in [0, 0.1) is 25.2 Å². The van der Waals surface area contributed by atoms with E-state index >= 15 is 0 Å². The van der Waals surface area contributed by atoms with E-state index in [4.69, 9.17) is 17.3 Å². The highest BCUT2D eigenvalue weighted by molar-refractivity contribution is 6.31. The fraction of sp³-hybridized carbons (Fsp3) is 0.154. The number of hydrogen-bond donors (Lipinski definition) is 2. The molecule has 0 aliphatic heterocycles. The standard InChI is InChI=1S/C26H21ClN8O/c1-14-5-23(29)33-15(2)20(14)11-32-26(36)25-24-18(8-28)9-30-12-22(24)35(34-25)13-16-3-4-21-17(6-16)7-19(27)10-31-21/h3-7,9-10,12H,11,13H2,1-2H3,(H2,29,33)(H,32,36). The van der Waals surface area contributed by atoms with Crippen LogP contribution in [0.2, 0.25) is 5.02 Å². The van der Waals surface area contributed by atoms with Crippen LogP contribution in [0.25, 0.3) is 21.8 Å². The second-order valence-corrected chi connectivity index (χ2v) is 8.93. The van der Waals surface area contributed by atoms with Gasteiger partial charge in [-0.1, -0.05) is 17.7 Å². The number of rotatable bonds is 5. The maximum absolute atomic E-state index is 13.3. The van der Waals surface area contributed by atoms with Crippen molar-refractivity contribution in [3.8, 4) is 6.07 Å². The maximum Gasteiger partial charge on any atom is 0.272 e. The summed E-state index contributed by atoms with van der Waals surface area (Å²) in [6, 6.07) is 11.6. The minimum Gasteiger partial charge on any atom is -0.384 e. The molecule has 178 valence electrons. The molecule has 0 saturated carbocycles. The van der Waals surface area contributed by atoms with Gasteiger partial charge >= 0.3 is 0 Å². The minimum atomic E-state index is -0.397. The smallest absolute Gasteiger partial charge is 0.272 e. The van der Waals surface area contributed by atoms with Crippen LogP contribution in [0.15, 0.2) is 48.9 Å². The summed E-state index contributed by atoms with van der Waals surface area (Å²) in [4.78, 5) is 26.1. The summed E-state index contributed by atoms with van der Waals surface area (Å²) in [6.45, 7) is 4.38. The summed E-state index contributed by atoms with van der Waals surface area (Å²) >= 11 is 6.11. The monoisotopic (exact) mass is 496 g/mol. The number of halogens is 1. The number of carbonyl (C=O) groups excluding carboxylic acids is 1. The summed E-state index contributed by atoms with van der Waals surface area (Å²) in [5.74, 6) is 0.0364. The second-order valence-electron chi connectivity index (χ2n) is 8.49. The third-order valence-corrected chi connectivity index (χ3v) is 6.25. The van der Waals surface area contributed by atoms with Gasteiger partial charge in [-0.05, 0) is 54.8 Å². The lowest BCUT2D eigenvalue weighted by molar-refractivity contribution is 0.0946. The molecule has 0 aliphatic rings. The van der Waals surface area contributed by atoms with Crippen LogP contribution in [-0.2, 0) is 13.1 Å². The maximum atomic E-state index is 13.3. The van der Waals surface area contributed by atoms with Gasteiger partial charge in [-0.3, -0.25) is 19.4 Å². The number of hydrogen-bond acceptors (Lipinski definition) is 7. The Labute approximate surface area is 211 Å². The van der Waals surface area contributed by atoms with Crippen LogP contribution < -0.4 is 11.1 Å². The minimum absolute atomic E-state index is 0.160. The van der Waals surface area contributed by atoms with Gasteiger partial charge in [0, 0.05) is 30.0 Å². The van der Waals surface area contributed by atoms with E-state index in [9.17, 15) is 10.1 Å². The molecular formula is C26H21ClN8O. The Kier molecular flexibility index (Phi) is 5.96. The van der Waals surface area contributed by atoms with Crippen molar-refractivity contribution in [3.05, 3.63) is 87.6 Å². The van der Waals surface area contributed by atoms with Crippen molar-refractivity contribution in [1.29, 1.82) is 5.26 Å². The van der Waals surface area contributed by atoms with Crippen molar-refractivity contribution >= 4 is 45.1 Å². The number of benzene rings is 1. The molecular weight excluding hydrogens is 476 g/mol. The quantitative estimate of drug-likeness (QED) is 0.374. The van der Waals surface area contributed by atoms with E-state index in [2.05, 4.69) is 31.4 Å². The van der Waals surface area contributed by atoms with Crippen LogP contribution in [0.4, 0.5) is 5.82 Å². The number of aromatic nitrogens is 5. The first-order valence-electron chi connectivity index (χ1n) is 11.1. The third kappa shape index (κ3) is 4.30. The highest BCUT2D eigenvalue weighted by Crippen LogP contribution is 2.24. The van der Waals surface area contributed by atoms with E-state index in [1.807, 2.05) is 38.1 Å². The van der Waals surface area contributed by atoms with E-state index in [1.54, 1.807) is 23.1 Å². The zero-order valence-corrected chi connectivity index (χ0v) is 20.3. The van der Waals surface area contributed by atoms with Gasteiger partial charge in [0.1, 0.15) is 11.9 Å². The molecule has 0 radical (unpaired) electrons. The zero-order valence-electron chi connectivity index (χ0n) is 19.6. The Balaban J connectivity index is 1.51. The van der Waals surface area contributed by atoms with Crippen LogP contribution in [0.3, 0.4) is 0 Å². The van der Waals surface area contributed by atoms with Gasteiger partial charge in [-0.25, -0.2) is 4.98 Å². The topological polar surface area (TPSA) is 135 Å². The highest BCUT2D eigenvalue weighted by Gasteiger charge is 2.21. The number of pyridine rings is 3. The summed E-state index contributed by atoms with van der Waals surface area (Å²) in [6.07, 6.45) is 4.65. The molecule has 0 saturated heterocycles. The van der Waals surface area contributed by atoms with Crippen molar-refractivity contribution < 1.29 is 4.79 Å². The van der Waals surface area contributed by atoms with Crippen molar-refractivity contribution in [2.24, 2.45) is 0 Å². The number of fused-ring (bicyclic) bond motifs is 2. The Morgan fingerprint density at radius 2 is 2.03 bits per heavy atom. The van der Waals surface area contributed by atoms with E-state index in [0.29, 0.717) is 28.3 Å². The molecule has 5 aromatic rings. The first kappa shape index (κ1) is 23.2. The predicted molar refractivity (Wildman–Crippen MR) is 137 cm³/mol. The van der Waals surface area contributed by atoms with Crippen molar-refractivity contribution in [2.75, 3.05) is 5.73 Å². The normalized spacial score (nSPS) is 11.1. The molecule has 36 heavy (non-hydrogen) atoms. The average Bonchev–Trinajstić information content (AvgIpc) is 3.21. The molecule has 1 aromatic carbocycles. The molecule has 0 atom stereocenters. The lowest BCUT2D eigenvalue weighted by Gasteiger charge is -2.11. The highest BCUT2D eigenvalue weighted by atomic mass is 35.5. The summed E-state index contributed by atoms with van der Waals surface area (Å²) in [7, 11) is 0. The predicted octanol–water partition coefficient (Wildman–Crippen LogP) is 4.08. The van der Waals surface area contributed by atoms with Crippen LogP contribution in [-0.4, -0.2) is 30.6 Å². The van der Waals surface area contributed by atoms with Crippen molar-refractivity contribution in [2.45, 2.75) is 26.9 Å². The Morgan fingerprint density at radius 3 is 2.81 bits per heavy atom. The number of aryl methyl sites for hydroxylation is 2. The molecule has 10 heteroatoms. The number of nitrogen functional groups attached to an aromatic ring is 1. The van der Waals surface area contributed by atoms with E-state index in [0.717, 1.165) is 33.3 Å². The average molecular weight is 497 g/mol. The van der Waals surface area contributed by atoms with Crippen LogP contribution in [0.5, 0.6) is 0 Å². The van der Waals surface area contributed by atoms with E-state index in [1.165, 1.54) is 6.20 Å². The number of anilines is 1. The third-order valence-electron chi connectivity index (χ3n) is 6.04. The molecule has 0 fully saturated rings. The van der Waals surface area contributed by atoms with E-state index < -0.39 is 5.91 Å². The number of nitrogens with one attached hydrogen (secondary N) is 1. The second kappa shape index (κ2) is 9.24. The molecule has 0 spiro atoms. The largest absolute Gasteiger partial charge is 0.384 e. The number of carbonyl (C=O) groups is 1. The van der Waals surface area contributed by atoms with Crippen LogP contribution >= 0.6 is 11.6 Å². The van der Waals surface area contributed by atoms with Crippen molar-refractivity contribution in [1.82, 2.24) is 30.0 Å². The lowest BCUT2D eigenvalue weighted by Crippen LogP contribution is -2.25. The number of nitrogens with two attached hydrogens (primary N) is 1. The first-order valence-corrected chi connectivity index (χ1v) is 11.5. The summed E-state index contributed by atoms with van der Waals surface area (Å²) in [5, 5.41) is 19.1. The molecule has 0 aliphatic carbocycles. The van der Waals surface area contributed by atoms with Gasteiger partial charge in [0.2, 0.25) is 0 Å². The lowest BCUT2D eigenvalue weighted by atomic mass is 10.1. The van der Waals surface area contributed by atoms with Gasteiger partial charge in [0.05, 0.1) is 39.7 Å². The van der Waals surface area contributed by atoms with E-state index in [-0.39, 0.29) is 17.8 Å². The van der Waals surface area contributed by atoms with Gasteiger partial charge < -0.3 is 11.1 Å². The van der Waals surface area contributed by atoms with Gasteiger partial charge in [0.15, 0.2) is 5.69 Å². The molecule has 1 amide bonds. The summed E-state index contributed by atoms with van der Waals surface area (Å²) in [5.41, 5.74) is 11.2. The first-order chi connectivity index (χ1) is 17.3. The zero-order chi connectivity index (χ0) is 25.4. The molecule has 5 rings (SSSR count). The fourth-order valence-electron chi connectivity index (χ4n) is 4.32. The summed E-state index contributed by atoms with van der Waals surface area (Å²) < 4.78 is 1.68. The molecule has 0 bridgehead atoms. The van der Waals surface area contributed by atoms with Gasteiger partial charge in [-0.15, -0.1) is 0 Å². The van der Waals surface area contributed by atoms with Gasteiger partial charge in [0.25, 0.3) is 5.91 Å². The molecule has 9 nitrogen and oxygen atoms in total. The molecule has 0 unspecified atom stereocenters. The molecule has 4 aromatic heterocycles. The fourth-order valence-corrected chi connectivity index (χ4v) is 4.48. The SMILES string of the molecule is Cc1cc(N)nc(C)c1CNC(=O)c1nn(Cc2ccc3ncc(Cl)cc3c2)c2cncc(C#N)c12. The number of nitrogens with zero attached hydrogens (tertiary/aromatic N) is 6. The van der Waals surface area contributed by atoms with Crippen LogP contribution in [0.1, 0.15) is 38.4 Å². The number of amides is 1. The Morgan fingerprint density at radius 1 is 1.19 bits per heavy atom. The van der Waals surface area contributed by atoms with Crippen molar-refractivity contribution in [3.63, 3.8) is 0 Å². The Bertz CT molecular complexity index is 1680. The Hall–Kier alpha value is -4.55. The molecule has 3 N–H and O–H groups in total. The number of nitriles is 1. The van der Waals surface area contributed by atoms with Gasteiger partial charge in [-0.2, -0.15) is 10.4 Å².